The fraction of sp³-hybridized carbons (Fsp3) is 0.889. The van der Waals surface area contributed by atoms with Gasteiger partial charge in [-0.3, -0.25) is 9.00 Å². The summed E-state index contributed by atoms with van der Waals surface area (Å²) in [4.78, 5) is 12.7. The van der Waals surface area contributed by atoms with Gasteiger partial charge in [0.25, 0.3) is 0 Å². The van der Waals surface area contributed by atoms with E-state index >= 15 is 0 Å². The topological polar surface area (TPSA) is 57.6 Å². The van der Waals surface area contributed by atoms with Crippen LogP contribution in [0.1, 0.15) is 13.8 Å². The van der Waals surface area contributed by atoms with Crippen LogP contribution in [0.25, 0.3) is 0 Å². The summed E-state index contributed by atoms with van der Waals surface area (Å²) in [5.74, 6) is -0.630. The minimum Gasteiger partial charge on any atom is -0.480 e. The lowest BCUT2D eigenvalue weighted by molar-refractivity contribution is -0.137. The van der Waals surface area contributed by atoms with Gasteiger partial charge in [-0.2, -0.15) is 0 Å². The van der Waals surface area contributed by atoms with E-state index in [-0.39, 0.29) is 5.92 Å². The molecular formula is C9H19NO3S. The minimum absolute atomic E-state index is 0.0875. The van der Waals surface area contributed by atoms with Crippen LogP contribution in [0.15, 0.2) is 0 Å². The number of carboxylic acid groups (broad SMARTS) is 1. The predicted molar refractivity (Wildman–Crippen MR) is 57.8 cm³/mol. The molecule has 0 saturated carbocycles. The average molecular weight is 221 g/mol. The number of carbonyl (C=O) groups is 1. The molecule has 2 unspecified atom stereocenters. The van der Waals surface area contributed by atoms with Gasteiger partial charge in [-0.1, -0.05) is 13.8 Å². The molecule has 0 aliphatic rings. The Balaban J connectivity index is 4.24. The number of hydrogen-bond donors (Lipinski definition) is 1. The van der Waals surface area contributed by atoms with Gasteiger partial charge in [0.2, 0.25) is 0 Å². The van der Waals surface area contributed by atoms with Crippen LogP contribution in [0.2, 0.25) is 0 Å². The van der Waals surface area contributed by atoms with Crippen LogP contribution in [0, 0.1) is 5.92 Å². The van der Waals surface area contributed by atoms with E-state index in [1.807, 2.05) is 19.0 Å². The van der Waals surface area contributed by atoms with Crippen molar-refractivity contribution in [1.29, 1.82) is 0 Å². The summed E-state index contributed by atoms with van der Waals surface area (Å²) < 4.78 is 11.6. The Bertz CT molecular complexity index is 216. The van der Waals surface area contributed by atoms with Gasteiger partial charge in [0.1, 0.15) is 5.25 Å². The summed E-state index contributed by atoms with van der Waals surface area (Å²) >= 11 is 0. The molecule has 1 N–H and O–H groups in total. The molecule has 0 radical (unpaired) electrons. The first-order valence-electron chi connectivity index (χ1n) is 4.61. The highest BCUT2D eigenvalue weighted by Crippen LogP contribution is 2.10. The van der Waals surface area contributed by atoms with E-state index in [1.165, 1.54) is 0 Å². The first-order chi connectivity index (χ1) is 6.36. The smallest absolute Gasteiger partial charge is 0.319 e. The van der Waals surface area contributed by atoms with E-state index in [4.69, 9.17) is 5.11 Å². The van der Waals surface area contributed by atoms with Gasteiger partial charge in [-0.25, -0.2) is 0 Å². The number of aliphatic carboxylic acids is 1. The van der Waals surface area contributed by atoms with Crippen LogP contribution < -0.4 is 0 Å². The molecule has 5 heteroatoms. The maximum absolute atomic E-state index is 11.6. The number of nitrogens with zero attached hydrogens (tertiary/aromatic N) is 1. The lowest BCUT2D eigenvalue weighted by atomic mass is 10.1. The van der Waals surface area contributed by atoms with Crippen LogP contribution in [-0.4, -0.2) is 51.8 Å². The molecule has 0 bridgehead atoms. The van der Waals surface area contributed by atoms with Crippen molar-refractivity contribution in [3.05, 3.63) is 0 Å². The number of rotatable bonds is 6. The van der Waals surface area contributed by atoms with Gasteiger partial charge < -0.3 is 10.0 Å². The van der Waals surface area contributed by atoms with Gasteiger partial charge >= 0.3 is 5.97 Å². The third-order valence-electron chi connectivity index (χ3n) is 1.87. The summed E-state index contributed by atoms with van der Waals surface area (Å²) in [5.41, 5.74) is 0. The fourth-order valence-electron chi connectivity index (χ4n) is 1.10. The van der Waals surface area contributed by atoms with Crippen molar-refractivity contribution in [2.24, 2.45) is 5.92 Å². The molecule has 0 spiro atoms. The molecule has 0 heterocycles. The highest BCUT2D eigenvalue weighted by Gasteiger charge is 2.27. The van der Waals surface area contributed by atoms with Crippen molar-refractivity contribution < 1.29 is 14.1 Å². The molecular weight excluding hydrogens is 202 g/mol. The molecule has 0 saturated heterocycles. The Morgan fingerprint density at radius 3 is 2.21 bits per heavy atom. The molecule has 0 fully saturated rings. The van der Waals surface area contributed by atoms with E-state index < -0.39 is 22.0 Å². The zero-order chi connectivity index (χ0) is 11.3. The van der Waals surface area contributed by atoms with Crippen LogP contribution in [0.5, 0.6) is 0 Å². The Labute approximate surface area is 87.7 Å². The van der Waals surface area contributed by atoms with Crippen LogP contribution >= 0.6 is 0 Å². The second-order valence-corrected chi connectivity index (χ2v) is 5.57. The average Bonchev–Trinajstić information content (AvgIpc) is 1.99. The Hall–Kier alpha value is -0.420. The summed E-state index contributed by atoms with van der Waals surface area (Å²) in [6, 6.07) is 0. The highest BCUT2D eigenvalue weighted by molar-refractivity contribution is 7.86. The summed E-state index contributed by atoms with van der Waals surface area (Å²) in [5, 5.41) is 8.13. The zero-order valence-corrected chi connectivity index (χ0v) is 10.0. The van der Waals surface area contributed by atoms with E-state index in [0.717, 1.165) is 0 Å². The van der Waals surface area contributed by atoms with Gasteiger partial charge in [0.15, 0.2) is 0 Å². The van der Waals surface area contributed by atoms with Crippen LogP contribution in [0.3, 0.4) is 0 Å². The van der Waals surface area contributed by atoms with Crippen molar-refractivity contribution in [3.63, 3.8) is 0 Å². The third kappa shape index (κ3) is 4.72. The first-order valence-corrected chi connectivity index (χ1v) is 5.99. The zero-order valence-electron chi connectivity index (χ0n) is 9.19. The van der Waals surface area contributed by atoms with Gasteiger partial charge in [0.05, 0.1) is 0 Å². The molecule has 84 valence electrons. The second-order valence-electron chi connectivity index (χ2n) is 3.89. The van der Waals surface area contributed by atoms with Crippen LogP contribution in [-0.2, 0) is 15.6 Å². The molecule has 0 aromatic carbocycles. The maximum Gasteiger partial charge on any atom is 0.319 e. The molecule has 0 aromatic rings. The van der Waals surface area contributed by atoms with Crippen molar-refractivity contribution in [2.75, 3.05) is 26.4 Å². The molecule has 0 aliphatic carbocycles. The lowest BCUT2D eigenvalue weighted by Crippen LogP contribution is -2.34. The van der Waals surface area contributed by atoms with Crippen molar-refractivity contribution in [1.82, 2.24) is 4.90 Å². The maximum atomic E-state index is 11.6. The van der Waals surface area contributed by atoms with Gasteiger partial charge in [0, 0.05) is 23.1 Å². The lowest BCUT2D eigenvalue weighted by Gasteiger charge is -2.17. The summed E-state index contributed by atoms with van der Waals surface area (Å²) in [6.07, 6.45) is 0. The summed E-state index contributed by atoms with van der Waals surface area (Å²) in [6.45, 7) is 4.22. The standard InChI is InChI=1S/C9H19NO3S/c1-7(2)8(9(11)12)14(13)6-5-10(3)4/h7-8H,5-6H2,1-4H3,(H,11,12). The normalized spacial score (nSPS) is 15.9. The van der Waals surface area contributed by atoms with E-state index in [2.05, 4.69) is 0 Å². The molecule has 0 aliphatic heterocycles. The third-order valence-corrected chi connectivity index (χ3v) is 3.77. The van der Waals surface area contributed by atoms with Crippen molar-refractivity contribution >= 4 is 16.8 Å². The largest absolute Gasteiger partial charge is 0.480 e. The van der Waals surface area contributed by atoms with Crippen molar-refractivity contribution in [2.45, 2.75) is 19.1 Å². The van der Waals surface area contributed by atoms with E-state index in [1.54, 1.807) is 13.8 Å². The van der Waals surface area contributed by atoms with Crippen molar-refractivity contribution in [3.8, 4) is 0 Å². The fourth-order valence-corrected chi connectivity index (χ4v) is 2.73. The first kappa shape index (κ1) is 13.6. The molecule has 0 rings (SSSR count). The van der Waals surface area contributed by atoms with Gasteiger partial charge in [-0.05, 0) is 20.0 Å². The molecule has 14 heavy (non-hydrogen) atoms. The molecule has 4 nitrogen and oxygen atoms in total. The minimum atomic E-state index is -1.28. The number of hydrogen-bond acceptors (Lipinski definition) is 3. The predicted octanol–water partition coefficient (Wildman–Crippen LogP) is 0.406. The Morgan fingerprint density at radius 2 is 1.93 bits per heavy atom. The quantitative estimate of drug-likeness (QED) is 0.705. The monoisotopic (exact) mass is 221 g/mol. The second kappa shape index (κ2) is 6.14. The Morgan fingerprint density at radius 1 is 1.43 bits per heavy atom. The van der Waals surface area contributed by atoms with Crippen LogP contribution in [0.4, 0.5) is 0 Å². The number of carboxylic acids is 1. The SMILES string of the molecule is CC(C)C(C(=O)O)S(=O)CCN(C)C. The molecule has 0 aromatic heterocycles. The van der Waals surface area contributed by atoms with E-state index in [9.17, 15) is 9.00 Å². The highest BCUT2D eigenvalue weighted by atomic mass is 32.2. The summed E-state index contributed by atoms with van der Waals surface area (Å²) in [7, 11) is 2.47. The molecule has 0 amide bonds. The molecule has 2 atom stereocenters. The Kier molecular flexibility index (Phi) is 5.95. The van der Waals surface area contributed by atoms with Gasteiger partial charge in [-0.15, -0.1) is 0 Å². The van der Waals surface area contributed by atoms with E-state index in [0.29, 0.717) is 12.3 Å².